The van der Waals surface area contributed by atoms with Crippen LogP contribution in [0.15, 0.2) is 30.3 Å². The molecule has 0 aromatic heterocycles. The summed E-state index contributed by atoms with van der Waals surface area (Å²) in [5.74, 6) is -0.231. The monoisotopic (exact) mass is 263 g/mol. The van der Waals surface area contributed by atoms with Gasteiger partial charge in [-0.15, -0.1) is 0 Å². The molecule has 0 saturated heterocycles. The van der Waals surface area contributed by atoms with Gasteiger partial charge in [-0.05, 0) is 26.3 Å². The lowest BCUT2D eigenvalue weighted by Gasteiger charge is -2.24. The highest BCUT2D eigenvalue weighted by Crippen LogP contribution is 2.23. The Hall–Kier alpha value is -1.68. The predicted molar refractivity (Wildman–Crippen MR) is 73.5 cm³/mol. The second-order valence-corrected chi connectivity index (χ2v) is 5.19. The molecule has 0 fully saturated rings. The van der Waals surface area contributed by atoms with E-state index in [0.29, 0.717) is 12.0 Å². The topological polar surface area (TPSA) is 66.4 Å². The van der Waals surface area contributed by atoms with E-state index in [1.54, 1.807) is 26.0 Å². The average molecular weight is 263 g/mol. The summed E-state index contributed by atoms with van der Waals surface area (Å²) >= 11 is 0. The molecule has 2 N–H and O–H groups in total. The Balaban J connectivity index is 2.59. The van der Waals surface area contributed by atoms with E-state index in [4.69, 9.17) is 0 Å². The standard InChI is InChI=1S/C15H21NO3/c1-11(9-12(2)17)16-14(18)10-15(3,19)13-7-5-4-6-8-13/h4-8,11,19H,9-10H2,1-3H3,(H,16,18). The molecule has 0 heterocycles. The van der Waals surface area contributed by atoms with Gasteiger partial charge in [-0.25, -0.2) is 0 Å². The van der Waals surface area contributed by atoms with Crippen LogP contribution in [0.25, 0.3) is 0 Å². The summed E-state index contributed by atoms with van der Waals surface area (Å²) in [7, 11) is 0. The van der Waals surface area contributed by atoms with E-state index >= 15 is 0 Å². The first kappa shape index (κ1) is 15.4. The Labute approximate surface area is 113 Å². The van der Waals surface area contributed by atoms with Gasteiger partial charge in [0.05, 0.1) is 12.0 Å². The SMILES string of the molecule is CC(=O)CC(C)NC(=O)CC(C)(O)c1ccccc1. The van der Waals surface area contributed by atoms with Crippen molar-refractivity contribution < 1.29 is 14.7 Å². The van der Waals surface area contributed by atoms with E-state index in [0.717, 1.165) is 0 Å². The molecule has 0 saturated carbocycles. The third-order valence-electron chi connectivity index (χ3n) is 2.90. The van der Waals surface area contributed by atoms with Gasteiger partial charge in [0.1, 0.15) is 5.78 Å². The van der Waals surface area contributed by atoms with Crippen LogP contribution in [0, 0.1) is 0 Å². The Morgan fingerprint density at radius 2 is 1.89 bits per heavy atom. The fourth-order valence-electron chi connectivity index (χ4n) is 2.02. The van der Waals surface area contributed by atoms with E-state index in [2.05, 4.69) is 5.32 Å². The second kappa shape index (κ2) is 6.48. The largest absolute Gasteiger partial charge is 0.385 e. The third kappa shape index (κ3) is 5.22. The van der Waals surface area contributed by atoms with Crippen LogP contribution in [0.3, 0.4) is 0 Å². The minimum atomic E-state index is -1.21. The number of rotatable bonds is 6. The van der Waals surface area contributed by atoms with Gasteiger partial charge < -0.3 is 10.4 Å². The van der Waals surface area contributed by atoms with Crippen LogP contribution in [0.2, 0.25) is 0 Å². The molecule has 0 spiro atoms. The Bertz CT molecular complexity index is 440. The number of ketones is 1. The Morgan fingerprint density at radius 3 is 2.42 bits per heavy atom. The molecule has 1 aromatic carbocycles. The van der Waals surface area contributed by atoms with Crippen LogP contribution in [0.1, 0.15) is 39.2 Å². The van der Waals surface area contributed by atoms with Crippen LogP contribution in [0.4, 0.5) is 0 Å². The van der Waals surface area contributed by atoms with E-state index in [1.807, 2.05) is 18.2 Å². The van der Waals surface area contributed by atoms with Crippen LogP contribution >= 0.6 is 0 Å². The van der Waals surface area contributed by atoms with Crippen LogP contribution in [-0.4, -0.2) is 22.8 Å². The van der Waals surface area contributed by atoms with Gasteiger partial charge in [0.2, 0.25) is 5.91 Å². The van der Waals surface area contributed by atoms with Crippen LogP contribution < -0.4 is 5.32 Å². The van der Waals surface area contributed by atoms with Crippen molar-refractivity contribution in [1.29, 1.82) is 0 Å². The number of hydrogen-bond acceptors (Lipinski definition) is 3. The average Bonchev–Trinajstić information content (AvgIpc) is 2.27. The summed E-state index contributed by atoms with van der Waals surface area (Å²) < 4.78 is 0. The smallest absolute Gasteiger partial charge is 0.223 e. The van der Waals surface area contributed by atoms with Crippen molar-refractivity contribution in [2.24, 2.45) is 0 Å². The summed E-state index contributed by atoms with van der Waals surface area (Å²) in [6.45, 7) is 4.87. The maximum Gasteiger partial charge on any atom is 0.223 e. The molecule has 1 rings (SSSR count). The number of nitrogens with one attached hydrogen (secondary N) is 1. The first-order valence-electron chi connectivity index (χ1n) is 6.38. The number of carbonyl (C=O) groups excluding carboxylic acids is 2. The second-order valence-electron chi connectivity index (χ2n) is 5.19. The van der Waals surface area contributed by atoms with Gasteiger partial charge in [0.15, 0.2) is 0 Å². The molecule has 1 aromatic rings. The van der Waals surface area contributed by atoms with E-state index in [1.165, 1.54) is 6.92 Å². The lowest BCUT2D eigenvalue weighted by molar-refractivity contribution is -0.126. The van der Waals surface area contributed by atoms with Crippen molar-refractivity contribution in [3.63, 3.8) is 0 Å². The minimum absolute atomic E-state index is 0.0285. The quantitative estimate of drug-likeness (QED) is 0.822. The predicted octanol–water partition coefficient (Wildman–Crippen LogP) is 1.77. The van der Waals surface area contributed by atoms with Crippen LogP contribution in [-0.2, 0) is 15.2 Å². The van der Waals surface area contributed by atoms with E-state index in [9.17, 15) is 14.7 Å². The van der Waals surface area contributed by atoms with Gasteiger partial charge >= 0.3 is 0 Å². The van der Waals surface area contributed by atoms with Gasteiger partial charge in [0, 0.05) is 12.5 Å². The summed E-state index contributed by atoms with van der Waals surface area (Å²) in [6.07, 6.45) is 0.276. The molecule has 4 nitrogen and oxygen atoms in total. The fourth-order valence-corrected chi connectivity index (χ4v) is 2.02. The number of carbonyl (C=O) groups is 2. The summed E-state index contributed by atoms with van der Waals surface area (Å²) in [4.78, 5) is 22.8. The first-order valence-corrected chi connectivity index (χ1v) is 6.38. The van der Waals surface area contributed by atoms with Crippen LogP contribution in [0.5, 0.6) is 0 Å². The lowest BCUT2D eigenvalue weighted by atomic mass is 9.92. The van der Waals surface area contributed by atoms with Gasteiger partial charge in [-0.2, -0.15) is 0 Å². The number of aliphatic hydroxyl groups is 1. The number of benzene rings is 1. The summed E-state index contributed by atoms with van der Waals surface area (Å²) in [6, 6.07) is 8.85. The van der Waals surface area contributed by atoms with Crippen molar-refractivity contribution in [1.82, 2.24) is 5.32 Å². The molecule has 0 radical (unpaired) electrons. The molecule has 0 aliphatic heterocycles. The van der Waals surface area contributed by atoms with Gasteiger partial charge in [0.25, 0.3) is 0 Å². The van der Waals surface area contributed by atoms with Crippen molar-refractivity contribution in [2.75, 3.05) is 0 Å². The van der Waals surface area contributed by atoms with Gasteiger partial charge in [-0.1, -0.05) is 30.3 Å². The molecule has 4 heteroatoms. The zero-order valence-corrected chi connectivity index (χ0v) is 11.6. The zero-order chi connectivity index (χ0) is 14.5. The normalized spacial score (nSPS) is 15.4. The molecule has 0 aliphatic carbocycles. The molecule has 0 aliphatic rings. The van der Waals surface area contributed by atoms with Crippen molar-refractivity contribution in [3.05, 3.63) is 35.9 Å². The number of amides is 1. The molecule has 104 valence electrons. The molecule has 2 unspecified atom stereocenters. The summed E-state index contributed by atoms with van der Waals surface area (Å²) in [5.41, 5.74) is -0.509. The van der Waals surface area contributed by atoms with E-state index in [-0.39, 0.29) is 24.2 Å². The maximum atomic E-state index is 11.8. The molecular formula is C15H21NO3. The molecule has 0 bridgehead atoms. The Morgan fingerprint density at radius 1 is 1.32 bits per heavy atom. The molecule has 2 atom stereocenters. The lowest BCUT2D eigenvalue weighted by Crippen LogP contribution is -2.38. The fraction of sp³-hybridized carbons (Fsp3) is 0.467. The summed E-state index contributed by atoms with van der Waals surface area (Å²) in [5, 5.41) is 13.0. The maximum absolute atomic E-state index is 11.8. The molecule has 19 heavy (non-hydrogen) atoms. The number of Topliss-reactive ketones (excluding diaryl/α,β-unsaturated/α-hetero) is 1. The van der Waals surface area contributed by atoms with Crippen molar-refractivity contribution >= 4 is 11.7 Å². The van der Waals surface area contributed by atoms with E-state index < -0.39 is 5.60 Å². The minimum Gasteiger partial charge on any atom is -0.385 e. The molecule has 1 amide bonds. The van der Waals surface area contributed by atoms with Gasteiger partial charge in [-0.3, -0.25) is 9.59 Å². The zero-order valence-electron chi connectivity index (χ0n) is 11.6. The van der Waals surface area contributed by atoms with Crippen molar-refractivity contribution in [3.8, 4) is 0 Å². The highest BCUT2D eigenvalue weighted by Gasteiger charge is 2.26. The highest BCUT2D eigenvalue weighted by molar-refractivity contribution is 5.80. The first-order chi connectivity index (χ1) is 8.81. The third-order valence-corrected chi connectivity index (χ3v) is 2.90. The highest BCUT2D eigenvalue weighted by atomic mass is 16.3. The molecular weight excluding hydrogens is 242 g/mol. The van der Waals surface area contributed by atoms with Crippen molar-refractivity contribution in [2.45, 2.75) is 45.3 Å². The Kier molecular flexibility index (Phi) is 5.24. The number of hydrogen-bond donors (Lipinski definition) is 2.